The van der Waals surface area contributed by atoms with E-state index in [1.54, 1.807) is 0 Å². The number of benzene rings is 1. The van der Waals surface area contributed by atoms with Gasteiger partial charge < -0.3 is 5.32 Å². The molecule has 0 bridgehead atoms. The normalized spacial score (nSPS) is 17.4. The van der Waals surface area contributed by atoms with E-state index in [0.29, 0.717) is 11.8 Å². The summed E-state index contributed by atoms with van der Waals surface area (Å²) in [6, 6.07) is 8.18. The minimum atomic E-state index is 0.135. The van der Waals surface area contributed by atoms with E-state index in [-0.39, 0.29) is 5.91 Å². The molecule has 0 atom stereocenters. The van der Waals surface area contributed by atoms with Gasteiger partial charge in [-0.1, -0.05) is 58.6 Å². The van der Waals surface area contributed by atoms with Crippen LogP contribution in [0.1, 0.15) is 36.8 Å². The van der Waals surface area contributed by atoms with Crippen molar-refractivity contribution in [2.75, 3.05) is 11.9 Å². The molecule has 1 amide bonds. The van der Waals surface area contributed by atoms with Gasteiger partial charge >= 0.3 is 0 Å². The highest BCUT2D eigenvalue weighted by Gasteiger charge is 2.32. The van der Waals surface area contributed by atoms with Crippen LogP contribution in [0.4, 0.5) is 0 Å². The zero-order valence-corrected chi connectivity index (χ0v) is 13.1. The molecule has 1 fully saturated rings. The Hall–Kier alpha value is -0.830. The van der Waals surface area contributed by atoms with Gasteiger partial charge in [-0.15, -0.1) is 0 Å². The van der Waals surface area contributed by atoms with E-state index < -0.39 is 0 Å². The molecule has 1 aliphatic rings. The van der Waals surface area contributed by atoms with Crippen molar-refractivity contribution in [1.29, 1.82) is 0 Å². The van der Waals surface area contributed by atoms with Crippen LogP contribution in [0.5, 0.6) is 0 Å². The average Bonchev–Trinajstić information content (AvgIpc) is 2.89. The van der Waals surface area contributed by atoms with Gasteiger partial charge in [0.25, 0.3) is 0 Å². The maximum absolute atomic E-state index is 12.0. The molecule has 104 valence electrons. The molecule has 0 radical (unpaired) electrons. The predicted molar refractivity (Wildman–Crippen MR) is 82.6 cm³/mol. The fourth-order valence-corrected chi connectivity index (χ4v) is 3.48. The molecule has 0 spiro atoms. The van der Waals surface area contributed by atoms with Crippen LogP contribution in [0.3, 0.4) is 0 Å². The molecule has 2 rings (SSSR count). The number of hydrogen-bond acceptors (Lipinski definition) is 1. The van der Waals surface area contributed by atoms with Gasteiger partial charge in [-0.25, -0.2) is 0 Å². The smallest absolute Gasteiger partial charge is 0.224 e. The number of amides is 1. The molecule has 1 aliphatic carbocycles. The van der Waals surface area contributed by atoms with Gasteiger partial charge in [0, 0.05) is 11.9 Å². The van der Waals surface area contributed by atoms with E-state index in [4.69, 9.17) is 0 Å². The maximum atomic E-state index is 12.0. The second-order valence-electron chi connectivity index (χ2n) is 5.78. The van der Waals surface area contributed by atoms with Crippen LogP contribution in [0.15, 0.2) is 24.3 Å². The first-order chi connectivity index (χ1) is 9.13. The fraction of sp³-hybridized carbons (Fsp3) is 0.562. The Bertz CT molecular complexity index is 421. The molecule has 0 unspecified atom stereocenters. The molecule has 19 heavy (non-hydrogen) atoms. The van der Waals surface area contributed by atoms with E-state index in [0.717, 1.165) is 17.4 Å². The van der Waals surface area contributed by atoms with Crippen LogP contribution in [0, 0.1) is 12.3 Å². The fourth-order valence-electron chi connectivity index (χ4n) is 2.72. The van der Waals surface area contributed by atoms with Crippen LogP contribution in [-0.2, 0) is 11.2 Å². The van der Waals surface area contributed by atoms with Gasteiger partial charge in [-0.3, -0.25) is 4.79 Å². The first-order valence-electron chi connectivity index (χ1n) is 7.02. The number of halogens is 1. The van der Waals surface area contributed by atoms with Crippen molar-refractivity contribution in [3.8, 4) is 0 Å². The van der Waals surface area contributed by atoms with Crippen LogP contribution in [-0.4, -0.2) is 17.8 Å². The van der Waals surface area contributed by atoms with Gasteiger partial charge in [-0.2, -0.15) is 0 Å². The summed E-state index contributed by atoms with van der Waals surface area (Å²) < 4.78 is 0. The summed E-state index contributed by atoms with van der Waals surface area (Å²) in [5, 5.41) is 4.10. The molecule has 0 aliphatic heterocycles. The molecule has 3 heteroatoms. The Morgan fingerprint density at radius 3 is 2.47 bits per heavy atom. The van der Waals surface area contributed by atoms with Crippen molar-refractivity contribution in [3.63, 3.8) is 0 Å². The Labute approximate surface area is 124 Å². The van der Waals surface area contributed by atoms with E-state index in [1.807, 2.05) is 12.1 Å². The molecule has 0 saturated heterocycles. The second kappa shape index (κ2) is 6.56. The molecule has 0 heterocycles. The third kappa shape index (κ3) is 4.07. The molecule has 1 aromatic carbocycles. The predicted octanol–water partition coefficient (Wildman–Crippen LogP) is 3.61. The summed E-state index contributed by atoms with van der Waals surface area (Å²) >= 11 is 3.61. The van der Waals surface area contributed by atoms with Crippen molar-refractivity contribution < 1.29 is 4.79 Å². The Balaban J connectivity index is 1.82. The number of carbonyl (C=O) groups excluding carboxylic acids is 1. The summed E-state index contributed by atoms with van der Waals surface area (Å²) in [6.45, 7) is 2.87. The lowest BCUT2D eigenvalue weighted by molar-refractivity contribution is -0.120. The van der Waals surface area contributed by atoms with Crippen molar-refractivity contribution in [3.05, 3.63) is 35.4 Å². The highest BCUT2D eigenvalue weighted by molar-refractivity contribution is 9.09. The minimum Gasteiger partial charge on any atom is -0.355 e. The first-order valence-corrected chi connectivity index (χ1v) is 8.14. The minimum absolute atomic E-state index is 0.135. The van der Waals surface area contributed by atoms with Crippen molar-refractivity contribution in [1.82, 2.24) is 5.32 Å². The zero-order chi connectivity index (χ0) is 13.7. The summed E-state index contributed by atoms with van der Waals surface area (Å²) in [4.78, 5) is 12.0. The first kappa shape index (κ1) is 14.6. The van der Waals surface area contributed by atoms with Gasteiger partial charge in [0.05, 0.1) is 6.42 Å². The van der Waals surface area contributed by atoms with Gasteiger partial charge in [0.15, 0.2) is 0 Å². The van der Waals surface area contributed by atoms with E-state index in [1.165, 1.54) is 31.2 Å². The third-order valence-electron chi connectivity index (χ3n) is 4.09. The lowest BCUT2D eigenvalue weighted by Crippen LogP contribution is -2.37. The quantitative estimate of drug-likeness (QED) is 0.824. The Kier molecular flexibility index (Phi) is 5.03. The molecule has 1 N–H and O–H groups in total. The lowest BCUT2D eigenvalue weighted by Gasteiger charge is -2.26. The highest BCUT2D eigenvalue weighted by atomic mass is 79.9. The van der Waals surface area contributed by atoms with Crippen LogP contribution < -0.4 is 5.32 Å². The number of carbonyl (C=O) groups is 1. The van der Waals surface area contributed by atoms with E-state index in [9.17, 15) is 4.79 Å². The van der Waals surface area contributed by atoms with Crippen LogP contribution >= 0.6 is 15.9 Å². The standard InChI is InChI=1S/C16H22BrNO/c1-13-4-6-14(7-5-13)10-15(19)18-12-16(11-17)8-2-3-9-16/h4-7H,2-3,8-12H2,1H3,(H,18,19). The van der Waals surface area contributed by atoms with Crippen molar-refractivity contribution >= 4 is 21.8 Å². The lowest BCUT2D eigenvalue weighted by atomic mass is 9.89. The average molecular weight is 324 g/mol. The highest BCUT2D eigenvalue weighted by Crippen LogP contribution is 2.38. The van der Waals surface area contributed by atoms with Crippen molar-refractivity contribution in [2.24, 2.45) is 5.41 Å². The molecular weight excluding hydrogens is 302 g/mol. The van der Waals surface area contributed by atoms with Crippen molar-refractivity contribution in [2.45, 2.75) is 39.0 Å². The molecule has 0 aromatic heterocycles. The number of alkyl halides is 1. The number of nitrogens with one attached hydrogen (secondary N) is 1. The molecule has 1 saturated carbocycles. The molecule has 2 nitrogen and oxygen atoms in total. The van der Waals surface area contributed by atoms with Gasteiger partial charge in [0.2, 0.25) is 5.91 Å². The zero-order valence-electron chi connectivity index (χ0n) is 11.5. The molecule has 1 aromatic rings. The summed E-state index contributed by atoms with van der Waals surface area (Å²) in [5.41, 5.74) is 2.61. The number of rotatable bonds is 5. The molecular formula is C16H22BrNO. The topological polar surface area (TPSA) is 29.1 Å². The number of aryl methyl sites for hydroxylation is 1. The van der Waals surface area contributed by atoms with Crippen LogP contribution in [0.2, 0.25) is 0 Å². The second-order valence-corrected chi connectivity index (χ2v) is 6.34. The number of hydrogen-bond donors (Lipinski definition) is 1. The van der Waals surface area contributed by atoms with E-state index >= 15 is 0 Å². The summed E-state index contributed by atoms with van der Waals surface area (Å²) in [7, 11) is 0. The third-order valence-corrected chi connectivity index (χ3v) is 5.28. The van der Waals surface area contributed by atoms with Gasteiger partial charge in [0.1, 0.15) is 0 Å². The largest absolute Gasteiger partial charge is 0.355 e. The Morgan fingerprint density at radius 2 is 1.89 bits per heavy atom. The van der Waals surface area contributed by atoms with Crippen LogP contribution in [0.25, 0.3) is 0 Å². The van der Waals surface area contributed by atoms with Gasteiger partial charge in [-0.05, 0) is 30.7 Å². The monoisotopic (exact) mass is 323 g/mol. The maximum Gasteiger partial charge on any atom is 0.224 e. The Morgan fingerprint density at radius 1 is 1.26 bits per heavy atom. The summed E-state index contributed by atoms with van der Waals surface area (Å²) in [6.07, 6.45) is 5.52. The van der Waals surface area contributed by atoms with E-state index in [2.05, 4.69) is 40.3 Å². The summed E-state index contributed by atoms with van der Waals surface area (Å²) in [5.74, 6) is 0.135. The SMILES string of the molecule is Cc1ccc(CC(=O)NCC2(CBr)CCCC2)cc1.